The van der Waals surface area contributed by atoms with Crippen LogP contribution in [0.15, 0.2) is 0 Å². The smallest absolute Gasteiger partial charge is 0.328 e. The number of hydrogen-bond acceptors (Lipinski definition) is 5. The molecule has 0 saturated heterocycles. The monoisotopic (exact) mass is 334 g/mol. The number of aromatic amines is 1. The van der Waals surface area contributed by atoms with Gasteiger partial charge in [0.2, 0.25) is 5.91 Å². The van der Waals surface area contributed by atoms with E-state index in [1.165, 1.54) is 26.4 Å². The molecule has 2 atom stereocenters. The van der Waals surface area contributed by atoms with Crippen LogP contribution in [0.25, 0.3) is 0 Å². The highest BCUT2D eigenvalue weighted by molar-refractivity contribution is 5.86. The Kier molecular flexibility index (Phi) is 5.48. The minimum absolute atomic E-state index is 0.0742. The third-order valence-electron chi connectivity index (χ3n) is 5.34. The molecule has 7 heteroatoms. The summed E-state index contributed by atoms with van der Waals surface area (Å²) in [5.41, 5.74) is 1.81. The van der Waals surface area contributed by atoms with Crippen molar-refractivity contribution in [2.75, 3.05) is 7.11 Å². The van der Waals surface area contributed by atoms with Crippen LogP contribution in [0.4, 0.5) is 0 Å². The van der Waals surface area contributed by atoms with Crippen molar-refractivity contribution in [2.24, 2.45) is 11.8 Å². The molecule has 1 heterocycles. The molecule has 1 aromatic rings. The number of rotatable bonds is 5. The summed E-state index contributed by atoms with van der Waals surface area (Å²) in [4.78, 5) is 24.7. The molecular weight excluding hydrogens is 308 g/mol. The standard InChI is InChI=1S/C17H26N4O3/c1-24-17(23)15(9-11-5-3-2-4-6-11)18-16(22)12-7-8-13-14(10-12)20-21-19-13/h11-12,15H,2-10H2,1H3,(H,18,22)(H,19,20,21). The van der Waals surface area contributed by atoms with Crippen LogP contribution in [-0.4, -0.2) is 40.4 Å². The first-order chi connectivity index (χ1) is 11.7. The lowest BCUT2D eigenvalue weighted by Crippen LogP contribution is -2.46. The van der Waals surface area contributed by atoms with Gasteiger partial charge in [0.15, 0.2) is 0 Å². The Hall–Kier alpha value is -1.92. The molecular formula is C17H26N4O3. The molecule has 7 nitrogen and oxygen atoms in total. The van der Waals surface area contributed by atoms with Gasteiger partial charge in [-0.3, -0.25) is 4.79 Å². The molecule has 0 radical (unpaired) electrons. The fourth-order valence-corrected chi connectivity index (χ4v) is 3.91. The SMILES string of the molecule is COC(=O)C(CC1CCCCC1)NC(=O)C1CCc2n[nH]nc2C1. The van der Waals surface area contributed by atoms with Gasteiger partial charge in [0.25, 0.3) is 0 Å². The van der Waals surface area contributed by atoms with Gasteiger partial charge in [0.1, 0.15) is 6.04 Å². The van der Waals surface area contributed by atoms with E-state index in [0.717, 1.165) is 37.1 Å². The number of amides is 1. The zero-order chi connectivity index (χ0) is 16.9. The van der Waals surface area contributed by atoms with Crippen LogP contribution in [0.5, 0.6) is 0 Å². The minimum atomic E-state index is -0.538. The van der Waals surface area contributed by atoms with Crippen LogP contribution < -0.4 is 5.32 Å². The summed E-state index contributed by atoms with van der Waals surface area (Å²) in [5, 5.41) is 13.7. The van der Waals surface area contributed by atoms with Crippen molar-refractivity contribution in [2.45, 2.75) is 63.8 Å². The molecule has 1 amide bonds. The predicted octanol–water partition coefficient (Wildman–Crippen LogP) is 1.54. The maximum absolute atomic E-state index is 12.6. The lowest BCUT2D eigenvalue weighted by Gasteiger charge is -2.27. The van der Waals surface area contributed by atoms with Gasteiger partial charge in [-0.2, -0.15) is 15.4 Å². The number of esters is 1. The zero-order valence-corrected chi connectivity index (χ0v) is 14.2. The molecule has 1 aromatic heterocycles. The fourth-order valence-electron chi connectivity index (χ4n) is 3.91. The third-order valence-corrected chi connectivity index (χ3v) is 5.34. The van der Waals surface area contributed by atoms with E-state index < -0.39 is 6.04 Å². The maximum Gasteiger partial charge on any atom is 0.328 e. The van der Waals surface area contributed by atoms with Gasteiger partial charge in [-0.15, -0.1) is 0 Å². The number of ether oxygens (including phenoxy) is 1. The van der Waals surface area contributed by atoms with Crippen molar-refractivity contribution in [1.82, 2.24) is 20.7 Å². The Morgan fingerprint density at radius 2 is 1.96 bits per heavy atom. The molecule has 3 rings (SSSR count). The lowest BCUT2D eigenvalue weighted by molar-refractivity contribution is -0.146. The van der Waals surface area contributed by atoms with Crippen LogP contribution in [0.1, 0.15) is 56.3 Å². The van der Waals surface area contributed by atoms with Gasteiger partial charge in [0.05, 0.1) is 18.5 Å². The third kappa shape index (κ3) is 3.94. The number of hydrogen-bond donors (Lipinski definition) is 2. The summed E-state index contributed by atoms with van der Waals surface area (Å²) in [7, 11) is 1.38. The fraction of sp³-hybridized carbons (Fsp3) is 0.765. The van der Waals surface area contributed by atoms with E-state index in [-0.39, 0.29) is 17.8 Å². The number of aromatic nitrogens is 3. The molecule has 24 heavy (non-hydrogen) atoms. The molecule has 0 spiro atoms. The molecule has 2 aliphatic rings. The van der Waals surface area contributed by atoms with Crippen LogP contribution in [-0.2, 0) is 27.2 Å². The van der Waals surface area contributed by atoms with Crippen LogP contribution in [0.2, 0.25) is 0 Å². The molecule has 1 fully saturated rings. The van der Waals surface area contributed by atoms with Crippen molar-refractivity contribution in [3.05, 3.63) is 11.4 Å². The van der Waals surface area contributed by atoms with E-state index in [4.69, 9.17) is 4.74 Å². The molecule has 1 saturated carbocycles. The molecule has 2 unspecified atom stereocenters. The van der Waals surface area contributed by atoms with Gasteiger partial charge >= 0.3 is 5.97 Å². The second-order valence-corrected chi connectivity index (χ2v) is 6.98. The minimum Gasteiger partial charge on any atom is -0.467 e. The zero-order valence-electron chi connectivity index (χ0n) is 14.2. The number of H-pyrrole nitrogens is 1. The highest BCUT2D eigenvalue weighted by Gasteiger charge is 2.32. The van der Waals surface area contributed by atoms with Gasteiger partial charge < -0.3 is 10.1 Å². The van der Waals surface area contributed by atoms with Gasteiger partial charge in [-0.1, -0.05) is 32.1 Å². The van der Waals surface area contributed by atoms with E-state index in [2.05, 4.69) is 20.7 Å². The topological polar surface area (TPSA) is 97.0 Å². The second-order valence-electron chi connectivity index (χ2n) is 6.98. The summed E-state index contributed by atoms with van der Waals surface area (Å²) in [6, 6.07) is -0.538. The average Bonchev–Trinajstić information content (AvgIpc) is 3.09. The van der Waals surface area contributed by atoms with Gasteiger partial charge in [0, 0.05) is 12.3 Å². The van der Waals surface area contributed by atoms with Crippen LogP contribution >= 0.6 is 0 Å². The predicted molar refractivity (Wildman–Crippen MR) is 87.0 cm³/mol. The molecule has 0 bridgehead atoms. The Labute approximate surface area is 141 Å². The van der Waals surface area contributed by atoms with E-state index in [1.54, 1.807) is 0 Å². The van der Waals surface area contributed by atoms with Crippen molar-refractivity contribution in [1.29, 1.82) is 0 Å². The maximum atomic E-state index is 12.6. The molecule has 0 aliphatic heterocycles. The van der Waals surface area contributed by atoms with Crippen molar-refractivity contribution in [3.8, 4) is 0 Å². The normalized spacial score (nSPS) is 22.5. The average molecular weight is 334 g/mol. The lowest BCUT2D eigenvalue weighted by atomic mass is 9.84. The Morgan fingerprint density at radius 3 is 2.71 bits per heavy atom. The summed E-state index contributed by atoms with van der Waals surface area (Å²) in [5.74, 6) is -0.0699. The quantitative estimate of drug-likeness (QED) is 0.796. The number of aryl methyl sites for hydroxylation is 1. The Morgan fingerprint density at radius 1 is 1.21 bits per heavy atom. The molecule has 132 valence electrons. The number of methoxy groups -OCH3 is 1. The van der Waals surface area contributed by atoms with E-state index >= 15 is 0 Å². The van der Waals surface area contributed by atoms with E-state index in [1.807, 2.05) is 0 Å². The summed E-state index contributed by atoms with van der Waals surface area (Å²) in [6.07, 6.45) is 8.71. The summed E-state index contributed by atoms with van der Waals surface area (Å²) >= 11 is 0. The van der Waals surface area contributed by atoms with Crippen LogP contribution in [0, 0.1) is 11.8 Å². The summed E-state index contributed by atoms with van der Waals surface area (Å²) in [6.45, 7) is 0. The van der Waals surface area contributed by atoms with Gasteiger partial charge in [-0.05, 0) is 25.2 Å². The van der Waals surface area contributed by atoms with Crippen LogP contribution in [0.3, 0.4) is 0 Å². The first kappa shape index (κ1) is 16.9. The number of carbonyl (C=O) groups is 2. The first-order valence-electron chi connectivity index (χ1n) is 8.94. The second kappa shape index (κ2) is 7.77. The molecule has 2 N–H and O–H groups in total. The van der Waals surface area contributed by atoms with Crippen molar-refractivity contribution < 1.29 is 14.3 Å². The number of carbonyl (C=O) groups excluding carboxylic acids is 2. The molecule has 0 aromatic carbocycles. The van der Waals surface area contributed by atoms with Crippen molar-refractivity contribution in [3.63, 3.8) is 0 Å². The highest BCUT2D eigenvalue weighted by Crippen LogP contribution is 2.28. The van der Waals surface area contributed by atoms with E-state index in [0.29, 0.717) is 18.8 Å². The Balaban J connectivity index is 1.59. The van der Waals surface area contributed by atoms with E-state index in [9.17, 15) is 9.59 Å². The number of fused-ring (bicyclic) bond motifs is 1. The summed E-state index contributed by atoms with van der Waals surface area (Å²) < 4.78 is 4.90. The van der Waals surface area contributed by atoms with Crippen molar-refractivity contribution >= 4 is 11.9 Å². The molecule has 2 aliphatic carbocycles. The largest absolute Gasteiger partial charge is 0.467 e. The Bertz CT molecular complexity index is 580. The first-order valence-corrected chi connectivity index (χ1v) is 8.94. The van der Waals surface area contributed by atoms with Gasteiger partial charge in [-0.25, -0.2) is 4.79 Å². The highest BCUT2D eigenvalue weighted by atomic mass is 16.5. The number of nitrogens with zero attached hydrogens (tertiary/aromatic N) is 2. The number of nitrogens with one attached hydrogen (secondary N) is 2.